The zero-order valence-electron chi connectivity index (χ0n) is 21.6. The highest BCUT2D eigenvalue weighted by Crippen LogP contribution is 2.38. The number of amides is 1. The number of hydrogen-bond acceptors (Lipinski definition) is 6. The number of aryl methyl sites for hydroxylation is 3. The van der Waals surface area contributed by atoms with Gasteiger partial charge in [-0.2, -0.15) is 0 Å². The maximum atomic E-state index is 16.1. The summed E-state index contributed by atoms with van der Waals surface area (Å²) in [6.07, 6.45) is 8.71. The van der Waals surface area contributed by atoms with Crippen LogP contribution in [0.5, 0.6) is 0 Å². The normalized spacial score (nSPS) is 13.6. The summed E-state index contributed by atoms with van der Waals surface area (Å²) in [5.74, 6) is -1.08. The molecule has 9 nitrogen and oxygen atoms in total. The van der Waals surface area contributed by atoms with Crippen LogP contribution in [-0.4, -0.2) is 61.9 Å². The van der Waals surface area contributed by atoms with Crippen LogP contribution in [0.3, 0.4) is 0 Å². The van der Waals surface area contributed by atoms with Gasteiger partial charge in [0.15, 0.2) is 5.82 Å². The van der Waals surface area contributed by atoms with E-state index >= 15 is 4.39 Å². The molecule has 0 fully saturated rings. The van der Waals surface area contributed by atoms with Gasteiger partial charge in [-0.25, -0.2) is 9.18 Å². The Labute approximate surface area is 219 Å². The van der Waals surface area contributed by atoms with E-state index in [1.165, 1.54) is 7.11 Å². The van der Waals surface area contributed by atoms with Crippen LogP contribution in [-0.2, 0) is 22.5 Å². The lowest BCUT2D eigenvalue weighted by molar-refractivity contribution is -0.131. The third-order valence-electron chi connectivity index (χ3n) is 6.93. The molecule has 1 amide bonds. The Balaban J connectivity index is 1.56. The summed E-state index contributed by atoms with van der Waals surface area (Å²) in [6.45, 7) is 5.27. The first-order valence-corrected chi connectivity index (χ1v) is 12.6. The zero-order chi connectivity index (χ0) is 26.8. The van der Waals surface area contributed by atoms with Gasteiger partial charge in [-0.05, 0) is 54.7 Å². The minimum absolute atomic E-state index is 0.0309. The summed E-state index contributed by atoms with van der Waals surface area (Å²) in [7, 11) is 1.29. The second-order valence-electron chi connectivity index (χ2n) is 9.33. The molecule has 5 rings (SSSR count). The SMILES string of the molecule is CCc1cc(C)ncc1-c1cc(C2=CCCN(C(=O)CCn3ccnn3)C2)c(F)c2[nH]c(C(=O)OC)cc12. The summed E-state index contributed by atoms with van der Waals surface area (Å²) in [5.41, 5.74) is 5.10. The minimum atomic E-state index is -0.577. The van der Waals surface area contributed by atoms with Crippen LogP contribution < -0.4 is 0 Å². The summed E-state index contributed by atoms with van der Waals surface area (Å²) in [4.78, 5) is 34.4. The van der Waals surface area contributed by atoms with Crippen LogP contribution in [0, 0.1) is 12.7 Å². The van der Waals surface area contributed by atoms with Crippen molar-refractivity contribution in [1.82, 2.24) is 29.9 Å². The highest BCUT2D eigenvalue weighted by molar-refractivity contribution is 6.03. The number of aromatic nitrogens is 5. The molecule has 196 valence electrons. The number of fused-ring (bicyclic) bond motifs is 1. The minimum Gasteiger partial charge on any atom is -0.464 e. The Morgan fingerprint density at radius 1 is 1.18 bits per heavy atom. The van der Waals surface area contributed by atoms with E-state index in [0.717, 1.165) is 34.4 Å². The molecule has 1 aliphatic heterocycles. The molecule has 10 heteroatoms. The smallest absolute Gasteiger partial charge is 0.354 e. The molecule has 1 aromatic carbocycles. The maximum Gasteiger partial charge on any atom is 0.354 e. The molecule has 0 saturated carbocycles. The fourth-order valence-electron chi connectivity index (χ4n) is 4.96. The van der Waals surface area contributed by atoms with Crippen LogP contribution in [0.25, 0.3) is 27.6 Å². The fraction of sp³-hybridized carbons (Fsp3) is 0.321. The van der Waals surface area contributed by atoms with Gasteiger partial charge in [0, 0.05) is 54.1 Å². The van der Waals surface area contributed by atoms with Crippen molar-refractivity contribution in [2.24, 2.45) is 0 Å². The lowest BCUT2D eigenvalue weighted by Crippen LogP contribution is -2.36. The van der Waals surface area contributed by atoms with Crippen molar-refractivity contribution in [3.63, 3.8) is 0 Å². The van der Waals surface area contributed by atoms with Gasteiger partial charge >= 0.3 is 5.97 Å². The number of ether oxygens (including phenoxy) is 1. The average Bonchev–Trinajstić information content (AvgIpc) is 3.63. The fourth-order valence-corrected chi connectivity index (χ4v) is 4.96. The predicted octanol–water partition coefficient (Wildman–Crippen LogP) is 4.32. The summed E-state index contributed by atoms with van der Waals surface area (Å²) >= 11 is 0. The second kappa shape index (κ2) is 10.6. The van der Waals surface area contributed by atoms with Gasteiger partial charge in [0.2, 0.25) is 5.91 Å². The van der Waals surface area contributed by atoms with E-state index in [4.69, 9.17) is 4.74 Å². The largest absolute Gasteiger partial charge is 0.464 e. The molecule has 0 bridgehead atoms. The van der Waals surface area contributed by atoms with Crippen molar-refractivity contribution < 1.29 is 18.7 Å². The Bertz CT molecular complexity index is 1540. The molecule has 0 unspecified atom stereocenters. The summed E-state index contributed by atoms with van der Waals surface area (Å²) in [6, 6.07) is 5.46. The molecular weight excluding hydrogens is 487 g/mol. The average molecular weight is 517 g/mol. The van der Waals surface area contributed by atoms with Gasteiger partial charge in [0.25, 0.3) is 0 Å². The molecule has 1 aliphatic rings. The van der Waals surface area contributed by atoms with Crippen LogP contribution in [0.2, 0.25) is 0 Å². The number of rotatable bonds is 7. The first-order chi connectivity index (χ1) is 18.4. The molecule has 1 N–H and O–H groups in total. The van der Waals surface area contributed by atoms with Crippen LogP contribution >= 0.6 is 0 Å². The van der Waals surface area contributed by atoms with Gasteiger partial charge in [-0.1, -0.05) is 18.2 Å². The zero-order valence-corrected chi connectivity index (χ0v) is 21.6. The molecule has 3 aromatic heterocycles. The standard InChI is InChI=1S/C28H29FN6O3/c1-4-18-12-17(2)30-15-23(18)21-13-20(26(29)27-22(21)14-24(32-27)28(37)38-3)19-6-5-9-34(16-19)25(36)7-10-35-11-8-31-33-35/h6,8,11-15,32H,4-5,7,9-10,16H2,1-3H3. The highest BCUT2D eigenvalue weighted by atomic mass is 19.1. The molecule has 0 radical (unpaired) electrons. The first-order valence-electron chi connectivity index (χ1n) is 12.6. The van der Waals surface area contributed by atoms with E-state index in [0.29, 0.717) is 30.5 Å². The number of benzene rings is 1. The number of pyridine rings is 1. The van der Waals surface area contributed by atoms with Crippen LogP contribution in [0.1, 0.15) is 47.1 Å². The molecule has 0 saturated heterocycles. The van der Waals surface area contributed by atoms with E-state index in [1.807, 2.05) is 25.1 Å². The van der Waals surface area contributed by atoms with Gasteiger partial charge in [-0.3, -0.25) is 14.5 Å². The first kappa shape index (κ1) is 25.3. The number of nitrogens with one attached hydrogen (secondary N) is 1. The van der Waals surface area contributed by atoms with Crippen molar-refractivity contribution in [3.8, 4) is 11.1 Å². The summed E-state index contributed by atoms with van der Waals surface area (Å²) < 4.78 is 22.6. The van der Waals surface area contributed by atoms with Gasteiger partial charge in [-0.15, -0.1) is 5.10 Å². The number of nitrogens with zero attached hydrogens (tertiary/aromatic N) is 5. The molecule has 0 aliphatic carbocycles. The van der Waals surface area contributed by atoms with Crippen molar-refractivity contribution in [2.45, 2.75) is 39.7 Å². The predicted molar refractivity (Wildman–Crippen MR) is 141 cm³/mol. The Morgan fingerprint density at radius 3 is 2.76 bits per heavy atom. The molecule has 4 heterocycles. The van der Waals surface area contributed by atoms with Crippen LogP contribution in [0.15, 0.2) is 42.9 Å². The number of carbonyl (C=O) groups excluding carboxylic acids is 2. The van der Waals surface area contributed by atoms with E-state index in [9.17, 15) is 9.59 Å². The van der Waals surface area contributed by atoms with E-state index in [2.05, 4.69) is 27.2 Å². The third kappa shape index (κ3) is 4.81. The third-order valence-corrected chi connectivity index (χ3v) is 6.93. The molecule has 0 atom stereocenters. The number of carbonyl (C=O) groups is 2. The highest BCUT2D eigenvalue weighted by Gasteiger charge is 2.25. The van der Waals surface area contributed by atoms with Crippen molar-refractivity contribution >= 4 is 28.4 Å². The topological polar surface area (TPSA) is 106 Å². The lowest BCUT2D eigenvalue weighted by atomic mass is 9.91. The van der Waals surface area contributed by atoms with E-state index in [-0.39, 0.29) is 30.1 Å². The monoisotopic (exact) mass is 516 g/mol. The van der Waals surface area contributed by atoms with Gasteiger partial charge < -0.3 is 14.6 Å². The maximum absolute atomic E-state index is 16.1. The quantitative estimate of drug-likeness (QED) is 0.367. The molecular formula is C28H29FN6O3. The number of aromatic amines is 1. The van der Waals surface area contributed by atoms with Crippen molar-refractivity contribution in [3.05, 3.63) is 71.2 Å². The number of H-pyrrole nitrogens is 1. The number of hydrogen-bond donors (Lipinski definition) is 1. The van der Waals surface area contributed by atoms with Crippen molar-refractivity contribution in [1.29, 1.82) is 0 Å². The molecule has 0 spiro atoms. The number of esters is 1. The Hall–Kier alpha value is -4.34. The Morgan fingerprint density at radius 2 is 2.03 bits per heavy atom. The Kier molecular flexibility index (Phi) is 7.04. The van der Waals surface area contributed by atoms with Gasteiger partial charge in [0.1, 0.15) is 5.69 Å². The van der Waals surface area contributed by atoms with E-state index in [1.54, 1.807) is 34.2 Å². The second-order valence-corrected chi connectivity index (χ2v) is 9.33. The molecule has 38 heavy (non-hydrogen) atoms. The number of methoxy groups -OCH3 is 1. The van der Waals surface area contributed by atoms with Gasteiger partial charge in [0.05, 0.1) is 25.4 Å². The number of halogens is 1. The summed E-state index contributed by atoms with van der Waals surface area (Å²) in [5, 5.41) is 8.25. The van der Waals surface area contributed by atoms with Crippen molar-refractivity contribution in [2.75, 3.05) is 20.2 Å². The van der Waals surface area contributed by atoms with E-state index < -0.39 is 11.8 Å². The lowest BCUT2D eigenvalue weighted by Gasteiger charge is -2.28. The van der Waals surface area contributed by atoms with Crippen LogP contribution in [0.4, 0.5) is 4.39 Å². The molecule has 4 aromatic rings.